The van der Waals surface area contributed by atoms with Crippen molar-refractivity contribution >= 4 is 32.9 Å². The van der Waals surface area contributed by atoms with Gasteiger partial charge in [-0.25, -0.2) is 4.72 Å². The molecule has 0 radical (unpaired) electrons. The van der Waals surface area contributed by atoms with Crippen LogP contribution < -0.4 is 9.46 Å². The number of hydrogen-bond acceptors (Lipinski definition) is 6. The fourth-order valence-corrected chi connectivity index (χ4v) is 10.6. The van der Waals surface area contributed by atoms with Gasteiger partial charge >= 0.3 is 10.2 Å². The van der Waals surface area contributed by atoms with Crippen molar-refractivity contribution in [1.82, 2.24) is 23.4 Å². The number of rotatable bonds is 7. The summed E-state index contributed by atoms with van der Waals surface area (Å²) in [6.45, 7) is 7.74. The molecule has 8 rings (SSSR count). The lowest BCUT2D eigenvalue weighted by molar-refractivity contribution is -0.137. The summed E-state index contributed by atoms with van der Waals surface area (Å²) >= 11 is 0. The van der Waals surface area contributed by atoms with Crippen LogP contribution in [0.3, 0.4) is 0 Å². The quantitative estimate of drug-likeness (QED) is 0.338. The van der Waals surface area contributed by atoms with E-state index in [0.717, 1.165) is 71.1 Å². The van der Waals surface area contributed by atoms with Crippen LogP contribution in [0.2, 0.25) is 0 Å². The van der Waals surface area contributed by atoms with Crippen LogP contribution in [0.15, 0.2) is 36.4 Å². The van der Waals surface area contributed by atoms with Gasteiger partial charge < -0.3 is 14.2 Å². The van der Waals surface area contributed by atoms with Gasteiger partial charge in [-0.1, -0.05) is 25.3 Å². The second-order valence-corrected chi connectivity index (χ2v) is 17.9. The molecule has 4 unspecified atom stereocenters. The van der Waals surface area contributed by atoms with E-state index < -0.39 is 21.5 Å². The number of benzene rings is 2. The van der Waals surface area contributed by atoms with Crippen molar-refractivity contribution < 1.29 is 22.7 Å². The van der Waals surface area contributed by atoms with Crippen molar-refractivity contribution in [2.24, 2.45) is 11.3 Å². The first kappa shape index (κ1) is 33.7. The number of fused-ring (bicyclic) bond motifs is 8. The maximum absolute atomic E-state index is 15.1. The van der Waals surface area contributed by atoms with E-state index in [4.69, 9.17) is 4.74 Å². The number of nitrogens with zero attached hydrogens (tertiary/aromatic N) is 4. The number of methoxy groups -OCH3 is 1. The Balaban J connectivity index is 1.28. The van der Waals surface area contributed by atoms with E-state index in [1.807, 2.05) is 18.2 Å². The van der Waals surface area contributed by atoms with Crippen LogP contribution in [0.4, 0.5) is 0 Å². The zero-order valence-corrected chi connectivity index (χ0v) is 30.9. The van der Waals surface area contributed by atoms with Crippen molar-refractivity contribution in [1.29, 1.82) is 0 Å². The molecular formula is C39H51N5O5S. The Hall–Kier alpha value is -3.41. The highest BCUT2D eigenvalue weighted by Gasteiger charge is 2.64. The van der Waals surface area contributed by atoms with E-state index in [9.17, 15) is 13.2 Å². The van der Waals surface area contributed by atoms with Crippen molar-refractivity contribution in [2.75, 3.05) is 40.8 Å². The molecule has 11 heteroatoms. The van der Waals surface area contributed by atoms with Gasteiger partial charge in [-0.3, -0.25) is 14.5 Å². The number of aromatic nitrogens is 1. The van der Waals surface area contributed by atoms with E-state index in [1.165, 1.54) is 57.3 Å². The third-order valence-electron chi connectivity index (χ3n) is 12.7. The lowest BCUT2D eigenvalue weighted by Gasteiger charge is -2.39. The maximum atomic E-state index is 15.1. The van der Waals surface area contributed by atoms with Crippen molar-refractivity contribution in [2.45, 2.75) is 95.7 Å². The number of likely N-dealkylation sites (tertiary alicyclic amines) is 2. The summed E-state index contributed by atoms with van der Waals surface area (Å²) in [6.07, 6.45) is 8.88. The van der Waals surface area contributed by atoms with Crippen LogP contribution in [-0.4, -0.2) is 91.8 Å². The third kappa shape index (κ3) is 5.37. The molecule has 1 N–H and O–H groups in total. The Morgan fingerprint density at radius 3 is 2.50 bits per heavy atom. The smallest absolute Gasteiger partial charge is 0.303 e. The minimum Gasteiger partial charge on any atom is -0.497 e. The van der Waals surface area contributed by atoms with Crippen LogP contribution in [0, 0.1) is 11.3 Å². The Bertz CT molecular complexity index is 1960. The Morgan fingerprint density at radius 1 is 1.00 bits per heavy atom. The summed E-state index contributed by atoms with van der Waals surface area (Å²) in [7, 11) is 0.519. The molecule has 4 atom stereocenters. The molecule has 2 saturated heterocycles. The van der Waals surface area contributed by atoms with Crippen LogP contribution in [0.1, 0.15) is 98.5 Å². The molecule has 2 aliphatic carbocycles. The van der Waals surface area contributed by atoms with Crippen LogP contribution in [-0.2, 0) is 21.5 Å². The minimum absolute atomic E-state index is 0.0646. The van der Waals surface area contributed by atoms with Crippen molar-refractivity contribution in [3.8, 4) is 17.0 Å². The van der Waals surface area contributed by atoms with Gasteiger partial charge in [-0.15, -0.1) is 0 Å². The highest BCUT2D eigenvalue weighted by atomic mass is 32.2. The van der Waals surface area contributed by atoms with E-state index in [-0.39, 0.29) is 17.4 Å². The molecule has 3 aromatic rings. The van der Waals surface area contributed by atoms with Crippen molar-refractivity contribution in [3.05, 3.63) is 53.1 Å². The number of carbonyl (C=O) groups excluding carboxylic acids is 2. The number of piperidine rings is 1. The molecular weight excluding hydrogens is 651 g/mol. The summed E-state index contributed by atoms with van der Waals surface area (Å²) in [5, 5.41) is 1.09. The number of carbonyl (C=O) groups is 2. The van der Waals surface area contributed by atoms with Gasteiger partial charge in [0.2, 0.25) is 5.91 Å². The van der Waals surface area contributed by atoms with Crippen LogP contribution in [0.5, 0.6) is 5.75 Å². The predicted octanol–water partition coefficient (Wildman–Crippen LogP) is 5.72. The fraction of sp³-hybridized carbons (Fsp3) is 0.590. The average Bonchev–Trinajstić information content (AvgIpc) is 3.56. The van der Waals surface area contributed by atoms with Gasteiger partial charge in [0.1, 0.15) is 5.75 Å². The molecule has 4 fully saturated rings. The second kappa shape index (κ2) is 12.4. The summed E-state index contributed by atoms with van der Waals surface area (Å²) in [4.78, 5) is 33.3. The predicted molar refractivity (Wildman–Crippen MR) is 195 cm³/mol. The maximum Gasteiger partial charge on any atom is 0.303 e. The van der Waals surface area contributed by atoms with E-state index in [1.54, 1.807) is 13.2 Å². The Kier molecular flexibility index (Phi) is 8.34. The molecule has 0 bridgehead atoms. The van der Waals surface area contributed by atoms with Crippen LogP contribution >= 0.6 is 0 Å². The first-order valence-corrected chi connectivity index (χ1v) is 20.0. The second-order valence-electron chi connectivity index (χ2n) is 16.0. The largest absolute Gasteiger partial charge is 0.497 e. The summed E-state index contributed by atoms with van der Waals surface area (Å²) in [5.74, 6) is 1.29. The third-order valence-corrected chi connectivity index (χ3v) is 14.1. The number of hydrogen-bond donors (Lipinski definition) is 1. The molecule has 1 aromatic heterocycles. The van der Waals surface area contributed by atoms with E-state index >= 15 is 4.79 Å². The highest BCUT2D eigenvalue weighted by Crippen LogP contribution is 2.66. The lowest BCUT2D eigenvalue weighted by Crippen LogP contribution is -2.49. The van der Waals surface area contributed by atoms with Gasteiger partial charge in [0.15, 0.2) is 0 Å². The zero-order valence-electron chi connectivity index (χ0n) is 30.1. The number of amides is 2. The Labute approximate surface area is 296 Å². The Morgan fingerprint density at radius 2 is 1.78 bits per heavy atom. The van der Waals surface area contributed by atoms with Gasteiger partial charge in [0.05, 0.1) is 18.2 Å². The summed E-state index contributed by atoms with van der Waals surface area (Å²) in [5.41, 5.74) is 5.31. The zero-order chi connectivity index (χ0) is 35.1. The number of nitrogens with one attached hydrogen (secondary N) is 1. The first-order valence-electron chi connectivity index (χ1n) is 18.6. The van der Waals surface area contributed by atoms with Crippen molar-refractivity contribution in [3.63, 3.8) is 0 Å². The molecule has 268 valence electrons. The molecule has 5 aliphatic rings. The molecule has 0 spiro atoms. The van der Waals surface area contributed by atoms with E-state index in [0.29, 0.717) is 30.5 Å². The van der Waals surface area contributed by atoms with Gasteiger partial charge in [0, 0.05) is 73.8 Å². The highest BCUT2D eigenvalue weighted by molar-refractivity contribution is 7.87. The fourth-order valence-electron chi connectivity index (χ4n) is 10.0. The van der Waals surface area contributed by atoms with Crippen LogP contribution in [0.25, 0.3) is 22.2 Å². The molecule has 50 heavy (non-hydrogen) atoms. The summed E-state index contributed by atoms with van der Waals surface area (Å²) < 4.78 is 36.6. The molecule has 4 heterocycles. The molecule has 2 amide bonds. The van der Waals surface area contributed by atoms with Gasteiger partial charge in [0.25, 0.3) is 5.91 Å². The number of ether oxygens (including phenoxy) is 1. The minimum atomic E-state index is -3.97. The average molecular weight is 702 g/mol. The monoisotopic (exact) mass is 701 g/mol. The van der Waals surface area contributed by atoms with Gasteiger partial charge in [-0.05, 0) is 106 Å². The standard InChI is InChI=1S/C39H51N5O5S/c1-24(2)43-17-9-12-27-21-42(22-34(27)43)38(46)39-20-32(39)31-19-28(49-5)14-16-29(31)36-35(25-10-7-6-8-11-25)30-15-13-26(18-33(30)44(36)23-39)37(45)40-50(47,48)41(3)4/h13-16,18-19,24-25,27,32,34H,6-12,17,20-23H2,1-5H3,(H,40,45). The first-order chi connectivity index (χ1) is 23.9. The normalized spacial score (nSPS) is 26.7. The topological polar surface area (TPSA) is 104 Å². The lowest BCUT2D eigenvalue weighted by atomic mass is 9.81. The summed E-state index contributed by atoms with van der Waals surface area (Å²) in [6, 6.07) is 12.8. The molecule has 2 aromatic carbocycles. The van der Waals surface area contributed by atoms with E-state index in [2.05, 4.69) is 45.1 Å². The molecule has 2 saturated carbocycles. The van der Waals surface area contributed by atoms with Gasteiger partial charge in [-0.2, -0.15) is 12.7 Å². The SMILES string of the molecule is COc1ccc2c(c1)C1CC1(C(=O)N1CC3CCCN(C(C)C)C3C1)Cn1c-2c(C2CCCCC2)c2ccc(C(=O)NS(=O)(=O)N(C)C)cc21. The molecule has 3 aliphatic heterocycles. The molecule has 10 nitrogen and oxygen atoms in total.